The van der Waals surface area contributed by atoms with Gasteiger partial charge >= 0.3 is 0 Å². The summed E-state index contributed by atoms with van der Waals surface area (Å²) in [5.74, 6) is 0. The molecule has 4 heteroatoms. The lowest BCUT2D eigenvalue weighted by Gasteiger charge is -2.44. The Bertz CT molecular complexity index is 265. The number of aliphatic hydroxyl groups is 1. The summed E-state index contributed by atoms with van der Waals surface area (Å²) in [6.07, 6.45) is 5.94. The molecule has 0 aromatic carbocycles. The Morgan fingerprint density at radius 3 is 2.38 bits per heavy atom. The molecule has 126 valence electrons. The fourth-order valence-electron chi connectivity index (χ4n) is 3.73. The number of rotatable bonds is 10. The molecule has 2 unspecified atom stereocenters. The third-order valence-electron chi connectivity index (χ3n) is 5.39. The van der Waals surface area contributed by atoms with Gasteiger partial charge in [0, 0.05) is 11.6 Å². The molecule has 4 nitrogen and oxygen atoms in total. The molecule has 1 rings (SSSR count). The normalized spacial score (nSPS) is 26.7. The quantitative estimate of drug-likeness (QED) is 0.646. The van der Waals surface area contributed by atoms with Gasteiger partial charge in [-0.2, -0.15) is 0 Å². The van der Waals surface area contributed by atoms with Crippen LogP contribution in [0.25, 0.3) is 0 Å². The molecule has 0 radical (unpaired) electrons. The Kier molecular flexibility index (Phi) is 8.79. The van der Waals surface area contributed by atoms with Crippen LogP contribution in [0.5, 0.6) is 0 Å². The SMILES string of the molecule is CCN(CC)CCCN(CC)C1CCCC(CO)(NC)C1. The van der Waals surface area contributed by atoms with Crippen molar-refractivity contribution in [3.05, 3.63) is 0 Å². The molecule has 2 atom stereocenters. The van der Waals surface area contributed by atoms with Crippen molar-refractivity contribution in [2.45, 2.75) is 64.5 Å². The lowest BCUT2D eigenvalue weighted by molar-refractivity contribution is 0.0640. The molecule has 1 aliphatic carbocycles. The van der Waals surface area contributed by atoms with Crippen LogP contribution in [0.1, 0.15) is 52.9 Å². The predicted molar refractivity (Wildman–Crippen MR) is 90.8 cm³/mol. The third-order valence-corrected chi connectivity index (χ3v) is 5.39. The van der Waals surface area contributed by atoms with Crippen molar-refractivity contribution in [3.8, 4) is 0 Å². The summed E-state index contributed by atoms with van der Waals surface area (Å²) in [6, 6.07) is 0.625. The average Bonchev–Trinajstić information content (AvgIpc) is 2.55. The van der Waals surface area contributed by atoms with Crippen LogP contribution in [-0.2, 0) is 0 Å². The third kappa shape index (κ3) is 5.51. The Morgan fingerprint density at radius 2 is 1.86 bits per heavy atom. The standard InChI is InChI=1S/C17H37N3O/c1-5-19(6-2)12-9-13-20(7-3)16-10-8-11-17(14-16,15-21)18-4/h16,18,21H,5-15H2,1-4H3. The van der Waals surface area contributed by atoms with Crippen molar-refractivity contribution in [2.24, 2.45) is 0 Å². The topological polar surface area (TPSA) is 38.7 Å². The maximum atomic E-state index is 9.74. The highest BCUT2D eigenvalue weighted by Gasteiger charge is 2.36. The molecular weight excluding hydrogens is 262 g/mol. The van der Waals surface area contributed by atoms with Crippen LogP contribution in [-0.4, -0.2) is 72.9 Å². The van der Waals surface area contributed by atoms with E-state index < -0.39 is 0 Å². The smallest absolute Gasteiger partial charge is 0.0613 e. The van der Waals surface area contributed by atoms with Gasteiger partial charge in [0.2, 0.25) is 0 Å². The highest BCUT2D eigenvalue weighted by atomic mass is 16.3. The van der Waals surface area contributed by atoms with E-state index in [1.807, 2.05) is 7.05 Å². The summed E-state index contributed by atoms with van der Waals surface area (Å²) in [4.78, 5) is 5.13. The first kappa shape index (κ1) is 18.9. The number of likely N-dealkylation sites (N-methyl/N-ethyl adjacent to an activating group) is 1. The first-order valence-corrected chi connectivity index (χ1v) is 8.90. The molecule has 0 amide bonds. The Labute approximate surface area is 131 Å². The first-order valence-electron chi connectivity index (χ1n) is 8.90. The van der Waals surface area contributed by atoms with E-state index in [-0.39, 0.29) is 12.1 Å². The van der Waals surface area contributed by atoms with E-state index >= 15 is 0 Å². The summed E-state index contributed by atoms with van der Waals surface area (Å²) < 4.78 is 0. The molecule has 0 heterocycles. The molecule has 1 aliphatic rings. The summed E-state index contributed by atoms with van der Waals surface area (Å²) >= 11 is 0. The maximum absolute atomic E-state index is 9.74. The van der Waals surface area contributed by atoms with Crippen LogP contribution in [0.4, 0.5) is 0 Å². The van der Waals surface area contributed by atoms with E-state index in [0.29, 0.717) is 6.04 Å². The zero-order chi connectivity index (χ0) is 15.7. The van der Waals surface area contributed by atoms with Crippen molar-refractivity contribution in [3.63, 3.8) is 0 Å². The second-order valence-corrected chi connectivity index (χ2v) is 6.45. The van der Waals surface area contributed by atoms with Gasteiger partial charge in [-0.25, -0.2) is 0 Å². The van der Waals surface area contributed by atoms with Gasteiger partial charge < -0.3 is 20.2 Å². The first-order chi connectivity index (χ1) is 10.1. The molecule has 0 bridgehead atoms. The van der Waals surface area contributed by atoms with Gasteiger partial charge in [0.25, 0.3) is 0 Å². The number of nitrogens with zero attached hydrogens (tertiary/aromatic N) is 2. The van der Waals surface area contributed by atoms with Gasteiger partial charge in [-0.15, -0.1) is 0 Å². The van der Waals surface area contributed by atoms with Crippen LogP contribution in [0.15, 0.2) is 0 Å². The Hall–Kier alpha value is -0.160. The second-order valence-electron chi connectivity index (χ2n) is 6.45. The minimum atomic E-state index is -0.0464. The summed E-state index contributed by atoms with van der Waals surface area (Å²) in [5, 5.41) is 13.1. The molecule has 1 saturated carbocycles. The monoisotopic (exact) mass is 299 g/mol. The van der Waals surface area contributed by atoms with E-state index in [2.05, 4.69) is 35.9 Å². The van der Waals surface area contributed by atoms with E-state index in [1.54, 1.807) is 0 Å². The van der Waals surface area contributed by atoms with Gasteiger partial charge in [0.05, 0.1) is 6.61 Å². The molecule has 2 N–H and O–H groups in total. The fraction of sp³-hybridized carbons (Fsp3) is 1.00. The molecule has 0 aromatic heterocycles. The van der Waals surface area contributed by atoms with Crippen molar-refractivity contribution in [2.75, 3.05) is 46.4 Å². The van der Waals surface area contributed by atoms with Gasteiger partial charge in [0.1, 0.15) is 0 Å². The van der Waals surface area contributed by atoms with E-state index in [1.165, 1.54) is 32.4 Å². The second kappa shape index (κ2) is 9.78. The van der Waals surface area contributed by atoms with Gasteiger partial charge in [-0.3, -0.25) is 0 Å². The Morgan fingerprint density at radius 1 is 1.14 bits per heavy atom. The number of aliphatic hydroxyl groups excluding tert-OH is 1. The molecule has 0 aliphatic heterocycles. The van der Waals surface area contributed by atoms with Gasteiger partial charge in [-0.1, -0.05) is 20.8 Å². The van der Waals surface area contributed by atoms with Crippen LogP contribution in [0, 0.1) is 0 Å². The molecule has 0 saturated heterocycles. The zero-order valence-corrected chi connectivity index (χ0v) is 14.7. The number of hydrogen-bond donors (Lipinski definition) is 2. The molecule has 21 heavy (non-hydrogen) atoms. The minimum absolute atomic E-state index is 0.0464. The highest BCUT2D eigenvalue weighted by molar-refractivity contribution is 4.95. The minimum Gasteiger partial charge on any atom is -0.394 e. The lowest BCUT2D eigenvalue weighted by Crippen LogP contribution is -2.54. The fourth-order valence-corrected chi connectivity index (χ4v) is 3.73. The van der Waals surface area contributed by atoms with Crippen molar-refractivity contribution < 1.29 is 5.11 Å². The summed E-state index contributed by atoms with van der Waals surface area (Å²) in [7, 11) is 2.00. The van der Waals surface area contributed by atoms with Crippen molar-refractivity contribution >= 4 is 0 Å². The number of hydrogen-bond acceptors (Lipinski definition) is 4. The largest absolute Gasteiger partial charge is 0.394 e. The maximum Gasteiger partial charge on any atom is 0.0613 e. The zero-order valence-electron chi connectivity index (χ0n) is 14.7. The highest BCUT2D eigenvalue weighted by Crippen LogP contribution is 2.30. The van der Waals surface area contributed by atoms with Crippen LogP contribution in [0.2, 0.25) is 0 Å². The van der Waals surface area contributed by atoms with Crippen LogP contribution >= 0.6 is 0 Å². The van der Waals surface area contributed by atoms with E-state index in [4.69, 9.17) is 0 Å². The summed E-state index contributed by atoms with van der Waals surface area (Å²) in [6.45, 7) is 12.8. The van der Waals surface area contributed by atoms with E-state index in [0.717, 1.165) is 32.5 Å². The lowest BCUT2D eigenvalue weighted by atomic mass is 9.79. The van der Waals surface area contributed by atoms with Crippen molar-refractivity contribution in [1.29, 1.82) is 0 Å². The molecule has 1 fully saturated rings. The van der Waals surface area contributed by atoms with Crippen molar-refractivity contribution in [1.82, 2.24) is 15.1 Å². The summed E-state index contributed by atoms with van der Waals surface area (Å²) in [5.41, 5.74) is -0.0464. The Balaban J connectivity index is 2.47. The van der Waals surface area contributed by atoms with Crippen LogP contribution < -0.4 is 5.32 Å². The molecular formula is C17H37N3O. The average molecular weight is 300 g/mol. The number of nitrogens with one attached hydrogen (secondary N) is 1. The van der Waals surface area contributed by atoms with Gasteiger partial charge in [0.15, 0.2) is 0 Å². The van der Waals surface area contributed by atoms with E-state index in [9.17, 15) is 5.11 Å². The van der Waals surface area contributed by atoms with Gasteiger partial charge in [-0.05, 0) is 71.9 Å². The molecule has 0 aromatic rings. The van der Waals surface area contributed by atoms with Crippen LogP contribution in [0.3, 0.4) is 0 Å². The molecule has 0 spiro atoms. The predicted octanol–water partition coefficient (Wildman–Crippen LogP) is 1.93.